The number of nitrogens with one attached hydrogen (secondary N) is 1. The van der Waals surface area contributed by atoms with E-state index in [-0.39, 0.29) is 6.04 Å². The van der Waals surface area contributed by atoms with E-state index in [9.17, 15) is 0 Å². The minimum atomic E-state index is 0.0592. The summed E-state index contributed by atoms with van der Waals surface area (Å²) in [5.74, 6) is 5.79. The van der Waals surface area contributed by atoms with E-state index in [2.05, 4.69) is 27.3 Å². The molecule has 0 saturated heterocycles. The van der Waals surface area contributed by atoms with Crippen molar-refractivity contribution in [1.29, 1.82) is 0 Å². The molecular formula is C14H24N4O2. The highest BCUT2D eigenvalue weighted by atomic mass is 16.5. The van der Waals surface area contributed by atoms with Crippen molar-refractivity contribution in [3.63, 3.8) is 0 Å². The lowest BCUT2D eigenvalue weighted by molar-refractivity contribution is 0.0821. The molecule has 112 valence electrons. The van der Waals surface area contributed by atoms with Crippen LogP contribution in [0.4, 0.5) is 0 Å². The van der Waals surface area contributed by atoms with Crippen molar-refractivity contribution in [2.75, 3.05) is 26.4 Å². The van der Waals surface area contributed by atoms with Crippen LogP contribution in [0, 0.1) is 11.8 Å². The van der Waals surface area contributed by atoms with Gasteiger partial charge in [-0.1, -0.05) is 5.21 Å². The van der Waals surface area contributed by atoms with Crippen molar-refractivity contribution in [1.82, 2.24) is 15.4 Å². The van der Waals surface area contributed by atoms with Crippen LogP contribution in [0.25, 0.3) is 0 Å². The molecule has 1 aromatic heterocycles. The van der Waals surface area contributed by atoms with Gasteiger partial charge in [-0.15, -0.1) is 16.9 Å². The topological polar surface area (TPSA) is 86.0 Å². The fraction of sp³-hybridized carbons (Fsp3) is 0.714. The number of hydrogen-bond donors (Lipinski definition) is 2. The minimum absolute atomic E-state index is 0.0592. The summed E-state index contributed by atoms with van der Waals surface area (Å²) in [5.41, 5.74) is 6.86. The second-order valence-electron chi connectivity index (χ2n) is 4.47. The molecule has 0 aliphatic carbocycles. The molecule has 0 fully saturated rings. The SMILES string of the molecule is CC#CCCOCCCOCCC(N)Cc1c[nH]nn1. The number of nitrogens with two attached hydrogens (primary N) is 1. The Morgan fingerprint density at radius 3 is 2.80 bits per heavy atom. The molecule has 6 nitrogen and oxygen atoms in total. The summed E-state index contributed by atoms with van der Waals surface area (Å²) in [6.07, 6.45) is 5.01. The molecule has 0 radical (unpaired) electrons. The Labute approximate surface area is 120 Å². The Bertz CT molecular complexity index is 384. The van der Waals surface area contributed by atoms with E-state index < -0.39 is 0 Å². The van der Waals surface area contributed by atoms with E-state index in [1.807, 2.05) is 6.92 Å². The average molecular weight is 280 g/mol. The third-order valence-corrected chi connectivity index (χ3v) is 2.70. The Kier molecular flexibility index (Phi) is 9.49. The van der Waals surface area contributed by atoms with Crippen molar-refractivity contribution in [3.8, 4) is 11.8 Å². The van der Waals surface area contributed by atoms with Gasteiger partial charge in [0.2, 0.25) is 0 Å². The smallest absolute Gasteiger partial charge is 0.0839 e. The molecule has 0 amide bonds. The van der Waals surface area contributed by atoms with Gasteiger partial charge >= 0.3 is 0 Å². The second-order valence-corrected chi connectivity index (χ2v) is 4.47. The van der Waals surface area contributed by atoms with Crippen LogP contribution in [0.15, 0.2) is 6.20 Å². The molecule has 6 heteroatoms. The van der Waals surface area contributed by atoms with Gasteiger partial charge < -0.3 is 15.2 Å². The summed E-state index contributed by atoms with van der Waals surface area (Å²) < 4.78 is 10.9. The third-order valence-electron chi connectivity index (χ3n) is 2.70. The molecule has 1 heterocycles. The number of hydrogen-bond acceptors (Lipinski definition) is 5. The van der Waals surface area contributed by atoms with E-state index in [0.29, 0.717) is 19.8 Å². The van der Waals surface area contributed by atoms with Crippen LogP contribution in [0.3, 0.4) is 0 Å². The van der Waals surface area contributed by atoms with E-state index in [1.165, 1.54) is 0 Å². The first kappa shape index (κ1) is 16.6. The Hall–Kier alpha value is -1.42. The number of H-pyrrole nitrogens is 1. The van der Waals surface area contributed by atoms with E-state index >= 15 is 0 Å². The van der Waals surface area contributed by atoms with Gasteiger partial charge in [-0.25, -0.2) is 0 Å². The summed E-state index contributed by atoms with van der Waals surface area (Å²) in [6, 6.07) is 0.0592. The maximum atomic E-state index is 5.97. The van der Waals surface area contributed by atoms with Crippen LogP contribution in [0.5, 0.6) is 0 Å². The first-order chi connectivity index (χ1) is 9.83. The fourth-order valence-electron chi connectivity index (χ4n) is 1.65. The van der Waals surface area contributed by atoms with Crippen LogP contribution in [0.1, 0.15) is 31.9 Å². The van der Waals surface area contributed by atoms with Gasteiger partial charge in [0.05, 0.1) is 12.3 Å². The summed E-state index contributed by atoms with van der Waals surface area (Å²) in [6.45, 7) is 4.62. The first-order valence-corrected chi connectivity index (χ1v) is 6.99. The van der Waals surface area contributed by atoms with E-state index in [0.717, 1.165) is 38.0 Å². The molecule has 3 N–H and O–H groups in total. The zero-order chi connectivity index (χ0) is 14.5. The monoisotopic (exact) mass is 280 g/mol. The second kappa shape index (κ2) is 11.4. The van der Waals surface area contributed by atoms with E-state index in [4.69, 9.17) is 15.2 Å². The number of aromatic amines is 1. The van der Waals surface area contributed by atoms with Crippen molar-refractivity contribution in [2.45, 2.75) is 38.6 Å². The maximum absolute atomic E-state index is 5.97. The minimum Gasteiger partial charge on any atom is -0.381 e. The summed E-state index contributed by atoms with van der Waals surface area (Å²) in [5, 5.41) is 10.2. The number of aromatic nitrogens is 3. The lowest BCUT2D eigenvalue weighted by Crippen LogP contribution is -2.25. The number of ether oxygens (including phenoxy) is 2. The zero-order valence-corrected chi connectivity index (χ0v) is 12.1. The van der Waals surface area contributed by atoms with Gasteiger partial charge in [-0.3, -0.25) is 5.10 Å². The standard InChI is InChI=1S/C14H24N4O2/c1-2-3-4-7-19-8-5-9-20-10-6-13(15)11-14-12-16-18-17-14/h12-13H,4-11,15H2,1H3,(H,16,17,18). The van der Waals surface area contributed by atoms with Crippen LogP contribution in [-0.4, -0.2) is 47.9 Å². The molecular weight excluding hydrogens is 256 g/mol. The van der Waals surface area contributed by atoms with Crippen LogP contribution < -0.4 is 5.73 Å². The lowest BCUT2D eigenvalue weighted by atomic mass is 10.1. The van der Waals surface area contributed by atoms with Gasteiger partial charge in [0.25, 0.3) is 0 Å². The molecule has 1 rings (SSSR count). The molecule has 0 bridgehead atoms. The Morgan fingerprint density at radius 1 is 1.30 bits per heavy atom. The number of rotatable bonds is 11. The van der Waals surface area contributed by atoms with Gasteiger partial charge in [0, 0.05) is 44.9 Å². The highest BCUT2D eigenvalue weighted by Crippen LogP contribution is 1.99. The molecule has 0 spiro atoms. The predicted octanol–water partition coefficient (Wildman–Crippen LogP) is 0.901. The van der Waals surface area contributed by atoms with E-state index in [1.54, 1.807) is 6.20 Å². The fourth-order valence-corrected chi connectivity index (χ4v) is 1.65. The average Bonchev–Trinajstić information content (AvgIpc) is 2.93. The van der Waals surface area contributed by atoms with Gasteiger partial charge in [0.15, 0.2) is 0 Å². The van der Waals surface area contributed by atoms with Crippen LogP contribution in [0.2, 0.25) is 0 Å². The molecule has 1 unspecified atom stereocenters. The van der Waals surface area contributed by atoms with Gasteiger partial charge in [-0.2, -0.15) is 0 Å². The lowest BCUT2D eigenvalue weighted by Gasteiger charge is -2.10. The maximum Gasteiger partial charge on any atom is 0.0839 e. The Morgan fingerprint density at radius 2 is 2.10 bits per heavy atom. The quantitative estimate of drug-likeness (QED) is 0.464. The third kappa shape index (κ3) is 8.64. The highest BCUT2D eigenvalue weighted by molar-refractivity contribution is 4.94. The zero-order valence-electron chi connectivity index (χ0n) is 12.1. The molecule has 1 aromatic rings. The van der Waals surface area contributed by atoms with Gasteiger partial charge in [-0.05, 0) is 19.8 Å². The first-order valence-electron chi connectivity index (χ1n) is 6.99. The van der Waals surface area contributed by atoms with Crippen molar-refractivity contribution < 1.29 is 9.47 Å². The molecule has 1 atom stereocenters. The van der Waals surface area contributed by atoms with Crippen LogP contribution >= 0.6 is 0 Å². The predicted molar refractivity (Wildman–Crippen MR) is 77.0 cm³/mol. The summed E-state index contributed by atoms with van der Waals surface area (Å²) in [4.78, 5) is 0. The molecule has 0 aliphatic rings. The molecule has 0 aliphatic heterocycles. The number of nitrogens with zero attached hydrogens (tertiary/aromatic N) is 2. The van der Waals surface area contributed by atoms with Crippen molar-refractivity contribution in [3.05, 3.63) is 11.9 Å². The van der Waals surface area contributed by atoms with Gasteiger partial charge in [0.1, 0.15) is 0 Å². The molecule has 0 aromatic carbocycles. The Balaban J connectivity index is 1.85. The summed E-state index contributed by atoms with van der Waals surface area (Å²) >= 11 is 0. The molecule has 0 saturated carbocycles. The van der Waals surface area contributed by atoms with Crippen LogP contribution in [-0.2, 0) is 15.9 Å². The largest absolute Gasteiger partial charge is 0.381 e. The molecule has 20 heavy (non-hydrogen) atoms. The highest BCUT2D eigenvalue weighted by Gasteiger charge is 2.05. The van der Waals surface area contributed by atoms with Crippen molar-refractivity contribution in [2.24, 2.45) is 5.73 Å². The van der Waals surface area contributed by atoms with Crippen molar-refractivity contribution >= 4 is 0 Å². The normalized spacial score (nSPS) is 11.9. The summed E-state index contributed by atoms with van der Waals surface area (Å²) in [7, 11) is 0.